The first-order chi connectivity index (χ1) is 10.0. The summed E-state index contributed by atoms with van der Waals surface area (Å²) in [7, 11) is 0. The molecule has 0 bridgehead atoms. The van der Waals surface area contributed by atoms with E-state index in [1.54, 1.807) is 18.2 Å². The van der Waals surface area contributed by atoms with E-state index in [1.807, 2.05) is 19.1 Å². The average molecular weight is 325 g/mol. The van der Waals surface area contributed by atoms with Crippen molar-refractivity contribution in [1.29, 1.82) is 0 Å². The highest BCUT2D eigenvalue weighted by Gasteiger charge is 2.13. The molecule has 1 unspecified atom stereocenters. The summed E-state index contributed by atoms with van der Waals surface area (Å²) >= 11 is 12.0. The van der Waals surface area contributed by atoms with Gasteiger partial charge >= 0.3 is 0 Å². The maximum atomic E-state index is 10.8. The van der Waals surface area contributed by atoms with Gasteiger partial charge in [0.1, 0.15) is 0 Å². The van der Waals surface area contributed by atoms with E-state index in [1.165, 1.54) is 12.1 Å². The van der Waals surface area contributed by atoms with E-state index in [0.29, 0.717) is 15.7 Å². The Labute approximate surface area is 132 Å². The third-order valence-electron chi connectivity index (χ3n) is 3.15. The number of hydrogen-bond acceptors (Lipinski definition) is 3. The number of rotatable bonds is 5. The van der Waals surface area contributed by atoms with Gasteiger partial charge in [0.25, 0.3) is 5.69 Å². The number of benzene rings is 2. The first-order valence-electron chi connectivity index (χ1n) is 6.47. The fourth-order valence-corrected chi connectivity index (χ4v) is 2.37. The van der Waals surface area contributed by atoms with Crippen LogP contribution in [0.5, 0.6) is 0 Å². The lowest BCUT2D eigenvalue weighted by molar-refractivity contribution is -0.384. The zero-order chi connectivity index (χ0) is 15.4. The van der Waals surface area contributed by atoms with Crippen LogP contribution in [0.3, 0.4) is 0 Å². The molecule has 21 heavy (non-hydrogen) atoms. The molecule has 0 spiro atoms. The van der Waals surface area contributed by atoms with Gasteiger partial charge in [-0.2, -0.15) is 0 Å². The molecule has 0 heterocycles. The smallest absolute Gasteiger partial charge is 0.271 e. The first-order valence-corrected chi connectivity index (χ1v) is 7.22. The van der Waals surface area contributed by atoms with Gasteiger partial charge in [-0.1, -0.05) is 42.3 Å². The molecule has 2 rings (SSSR count). The Hall–Kier alpha value is -1.78. The minimum Gasteiger partial charge on any atom is -0.378 e. The number of halogens is 2. The average Bonchev–Trinajstić information content (AvgIpc) is 2.48. The Morgan fingerprint density at radius 3 is 2.57 bits per heavy atom. The van der Waals surface area contributed by atoms with Crippen molar-refractivity contribution in [3.8, 4) is 0 Å². The number of non-ortho nitro benzene ring substituents is 1. The molecule has 1 N–H and O–H groups in total. The molecular weight excluding hydrogens is 311 g/mol. The maximum Gasteiger partial charge on any atom is 0.271 e. The van der Waals surface area contributed by atoms with Crippen LogP contribution in [0.1, 0.15) is 24.9 Å². The summed E-state index contributed by atoms with van der Waals surface area (Å²) in [6.45, 7) is 2.03. The van der Waals surface area contributed by atoms with Crippen LogP contribution in [-0.4, -0.2) is 4.92 Å². The monoisotopic (exact) mass is 324 g/mol. The molecule has 1 atom stereocenters. The highest BCUT2D eigenvalue weighted by Crippen LogP contribution is 2.29. The van der Waals surface area contributed by atoms with Gasteiger partial charge < -0.3 is 5.32 Å². The topological polar surface area (TPSA) is 55.2 Å². The quantitative estimate of drug-likeness (QED) is 0.586. The Morgan fingerprint density at radius 1 is 1.19 bits per heavy atom. The molecule has 0 fully saturated rings. The third-order valence-corrected chi connectivity index (χ3v) is 3.89. The van der Waals surface area contributed by atoms with Gasteiger partial charge in [-0.05, 0) is 30.2 Å². The van der Waals surface area contributed by atoms with Crippen molar-refractivity contribution < 1.29 is 4.92 Å². The lowest BCUT2D eigenvalue weighted by Crippen LogP contribution is -2.09. The summed E-state index contributed by atoms with van der Waals surface area (Å²) in [6.07, 6.45) is 0.806. The second kappa shape index (κ2) is 6.78. The van der Waals surface area contributed by atoms with Crippen molar-refractivity contribution in [3.63, 3.8) is 0 Å². The molecule has 0 saturated heterocycles. The van der Waals surface area contributed by atoms with Gasteiger partial charge in [0.2, 0.25) is 0 Å². The van der Waals surface area contributed by atoms with Crippen LogP contribution in [0.25, 0.3) is 0 Å². The molecule has 0 aliphatic carbocycles. The fraction of sp³-hybridized carbons (Fsp3) is 0.200. The third kappa shape index (κ3) is 3.86. The standard InChI is InChI=1S/C15H14Cl2N2O2/c1-2-15(10-6-7-13(16)14(17)8-10)18-11-4-3-5-12(9-11)19(20)21/h3-9,15,18H,2H2,1H3. The molecule has 6 heteroatoms. The second-order valence-electron chi connectivity index (χ2n) is 4.59. The molecule has 0 radical (unpaired) electrons. The number of nitro benzene ring substituents is 1. The summed E-state index contributed by atoms with van der Waals surface area (Å²) in [5.41, 5.74) is 1.74. The Kier molecular flexibility index (Phi) is 5.04. The molecule has 2 aromatic rings. The van der Waals surface area contributed by atoms with Gasteiger partial charge in [-0.3, -0.25) is 10.1 Å². The summed E-state index contributed by atoms with van der Waals surface area (Å²) in [6, 6.07) is 11.9. The Morgan fingerprint density at radius 2 is 1.95 bits per heavy atom. The highest BCUT2D eigenvalue weighted by molar-refractivity contribution is 6.42. The van der Waals surface area contributed by atoms with Gasteiger partial charge in [0.05, 0.1) is 21.0 Å². The molecule has 110 valence electrons. The Bertz CT molecular complexity index is 662. The van der Waals surface area contributed by atoms with E-state index >= 15 is 0 Å². The van der Waals surface area contributed by atoms with Crippen LogP contribution in [0.4, 0.5) is 11.4 Å². The summed E-state index contributed by atoms with van der Waals surface area (Å²) in [5, 5.41) is 15.1. The number of nitrogens with zero attached hydrogens (tertiary/aromatic N) is 1. The van der Waals surface area contributed by atoms with E-state index in [-0.39, 0.29) is 11.7 Å². The lowest BCUT2D eigenvalue weighted by atomic mass is 10.0. The zero-order valence-corrected chi connectivity index (χ0v) is 12.9. The van der Waals surface area contributed by atoms with E-state index in [4.69, 9.17) is 23.2 Å². The second-order valence-corrected chi connectivity index (χ2v) is 5.40. The Balaban J connectivity index is 2.24. The molecule has 0 aromatic heterocycles. The summed E-state index contributed by atoms with van der Waals surface area (Å²) in [5.74, 6) is 0. The van der Waals surface area contributed by atoms with Crippen LogP contribution in [0, 0.1) is 10.1 Å². The van der Waals surface area contributed by atoms with Crippen LogP contribution in [-0.2, 0) is 0 Å². The van der Waals surface area contributed by atoms with E-state index < -0.39 is 4.92 Å². The first kappa shape index (κ1) is 15.6. The SMILES string of the molecule is CCC(Nc1cccc([N+](=O)[O-])c1)c1ccc(Cl)c(Cl)c1. The number of anilines is 1. The molecule has 0 saturated carbocycles. The van der Waals surface area contributed by atoms with Crippen molar-refractivity contribution in [1.82, 2.24) is 0 Å². The van der Waals surface area contributed by atoms with E-state index in [2.05, 4.69) is 5.32 Å². The molecule has 0 aliphatic heterocycles. The minimum absolute atomic E-state index is 0.00164. The van der Waals surface area contributed by atoms with Crippen LogP contribution in [0.2, 0.25) is 10.0 Å². The van der Waals surface area contributed by atoms with Crippen molar-refractivity contribution in [3.05, 3.63) is 68.2 Å². The van der Waals surface area contributed by atoms with Gasteiger partial charge in [-0.15, -0.1) is 0 Å². The number of nitrogens with one attached hydrogen (secondary N) is 1. The highest BCUT2D eigenvalue weighted by atomic mass is 35.5. The molecular formula is C15H14Cl2N2O2. The van der Waals surface area contributed by atoms with E-state index in [9.17, 15) is 10.1 Å². The summed E-state index contributed by atoms with van der Waals surface area (Å²) < 4.78 is 0. The van der Waals surface area contributed by atoms with Crippen molar-refractivity contribution in [2.75, 3.05) is 5.32 Å². The van der Waals surface area contributed by atoms with Gasteiger partial charge in [-0.25, -0.2) is 0 Å². The van der Waals surface area contributed by atoms with Crippen molar-refractivity contribution >= 4 is 34.6 Å². The molecule has 2 aromatic carbocycles. The predicted octanol–water partition coefficient (Wildman–Crippen LogP) is 5.46. The van der Waals surface area contributed by atoms with E-state index in [0.717, 1.165) is 12.0 Å². The zero-order valence-electron chi connectivity index (χ0n) is 11.3. The largest absolute Gasteiger partial charge is 0.378 e. The fourth-order valence-electron chi connectivity index (χ4n) is 2.06. The predicted molar refractivity (Wildman–Crippen MR) is 86.2 cm³/mol. The molecule has 4 nitrogen and oxygen atoms in total. The van der Waals surface area contributed by atoms with Crippen LogP contribution in [0.15, 0.2) is 42.5 Å². The van der Waals surface area contributed by atoms with Crippen molar-refractivity contribution in [2.45, 2.75) is 19.4 Å². The maximum absolute atomic E-state index is 10.8. The minimum atomic E-state index is -0.411. The lowest BCUT2D eigenvalue weighted by Gasteiger charge is -2.19. The number of hydrogen-bond donors (Lipinski definition) is 1. The number of nitro groups is 1. The van der Waals surface area contributed by atoms with Gasteiger partial charge in [0.15, 0.2) is 0 Å². The molecule has 0 aliphatic rings. The van der Waals surface area contributed by atoms with Gasteiger partial charge in [0, 0.05) is 17.8 Å². The van der Waals surface area contributed by atoms with Crippen LogP contribution >= 0.6 is 23.2 Å². The normalized spacial score (nSPS) is 12.0. The van der Waals surface area contributed by atoms with Crippen LogP contribution < -0.4 is 5.32 Å². The summed E-state index contributed by atoms with van der Waals surface area (Å²) in [4.78, 5) is 10.4. The molecule has 0 amide bonds. The van der Waals surface area contributed by atoms with Crippen molar-refractivity contribution in [2.24, 2.45) is 0 Å².